The first-order valence-corrected chi connectivity index (χ1v) is 3.72. The van der Waals surface area contributed by atoms with Crippen LogP contribution in [0.3, 0.4) is 0 Å². The van der Waals surface area contributed by atoms with Gasteiger partial charge in [0.15, 0.2) is 0 Å². The molecule has 2 rings (SSSR count). The summed E-state index contributed by atoms with van der Waals surface area (Å²) >= 11 is 0. The van der Waals surface area contributed by atoms with Crippen molar-refractivity contribution in [3.8, 4) is 0 Å². The number of hydrogen-bond acceptors (Lipinski definition) is 2. The van der Waals surface area contributed by atoms with Crippen LogP contribution in [0.15, 0.2) is 0 Å². The fraction of sp³-hybridized carbons (Fsp3) is 1.00. The first-order valence-electron chi connectivity index (χ1n) is 3.72. The molecule has 0 amide bonds. The first kappa shape index (κ1) is 5.69. The highest BCUT2D eigenvalue weighted by atomic mass is 15.3. The summed E-state index contributed by atoms with van der Waals surface area (Å²) in [5.41, 5.74) is 0. The summed E-state index contributed by atoms with van der Waals surface area (Å²) in [6.45, 7) is 4.81. The Morgan fingerprint density at radius 2 is 2.33 bits per heavy atom. The highest BCUT2D eigenvalue weighted by Gasteiger charge is 2.41. The molecule has 0 saturated carbocycles. The molecule has 2 fully saturated rings. The molecule has 2 nitrogen and oxygen atoms in total. The number of nitrogens with one attached hydrogen (secondary N) is 1. The number of nitrogens with zero attached hydrogens (tertiary/aromatic N) is 1. The maximum atomic E-state index is 3.49. The standard InChI is InChI=1S/C7H14N2/c1-5-6-4-9(2)7(5)3-8-6/h5-8H,3-4H2,1-2H3/t5-,6?,7+/m0/s1. The molecule has 0 aromatic heterocycles. The van der Waals surface area contributed by atoms with E-state index in [9.17, 15) is 0 Å². The van der Waals surface area contributed by atoms with Crippen molar-refractivity contribution in [3.63, 3.8) is 0 Å². The third-order valence-electron chi connectivity index (χ3n) is 2.88. The maximum absolute atomic E-state index is 3.49. The zero-order chi connectivity index (χ0) is 6.43. The summed E-state index contributed by atoms with van der Waals surface area (Å²) in [5, 5.41) is 3.49. The van der Waals surface area contributed by atoms with E-state index in [0.717, 1.165) is 18.0 Å². The van der Waals surface area contributed by atoms with Gasteiger partial charge in [-0.2, -0.15) is 0 Å². The molecule has 0 spiro atoms. The van der Waals surface area contributed by atoms with Gasteiger partial charge in [-0.1, -0.05) is 6.92 Å². The molecule has 0 aromatic rings. The van der Waals surface area contributed by atoms with E-state index in [2.05, 4.69) is 24.2 Å². The average Bonchev–Trinajstić information content (AvgIpc) is 2.25. The topological polar surface area (TPSA) is 15.3 Å². The van der Waals surface area contributed by atoms with Crippen LogP contribution in [0.25, 0.3) is 0 Å². The molecule has 0 aliphatic carbocycles. The van der Waals surface area contributed by atoms with Crippen LogP contribution >= 0.6 is 0 Å². The number of likely N-dealkylation sites (N-methyl/N-ethyl adjacent to an activating group) is 1. The highest BCUT2D eigenvalue weighted by molar-refractivity contribution is 5.00. The van der Waals surface area contributed by atoms with Crippen molar-refractivity contribution in [2.75, 3.05) is 20.1 Å². The van der Waals surface area contributed by atoms with Gasteiger partial charge in [-0.3, -0.25) is 0 Å². The molecule has 0 aromatic carbocycles. The molecule has 2 heterocycles. The molecule has 2 saturated heterocycles. The van der Waals surface area contributed by atoms with Crippen molar-refractivity contribution in [3.05, 3.63) is 0 Å². The van der Waals surface area contributed by atoms with E-state index >= 15 is 0 Å². The van der Waals surface area contributed by atoms with Crippen LogP contribution in [0.1, 0.15) is 6.92 Å². The van der Waals surface area contributed by atoms with E-state index in [4.69, 9.17) is 0 Å². The number of piperazine rings is 1. The molecule has 9 heavy (non-hydrogen) atoms. The zero-order valence-electron chi connectivity index (χ0n) is 6.09. The lowest BCUT2D eigenvalue weighted by atomic mass is 10.0. The molecule has 2 heteroatoms. The minimum absolute atomic E-state index is 0.792. The Morgan fingerprint density at radius 1 is 1.56 bits per heavy atom. The highest BCUT2D eigenvalue weighted by Crippen LogP contribution is 2.27. The predicted molar refractivity (Wildman–Crippen MR) is 37.4 cm³/mol. The molecule has 2 aliphatic rings. The van der Waals surface area contributed by atoms with E-state index in [1.165, 1.54) is 13.1 Å². The number of rotatable bonds is 0. The lowest BCUT2D eigenvalue weighted by Gasteiger charge is -2.21. The monoisotopic (exact) mass is 126 g/mol. The SMILES string of the molecule is C[C@H]1C2CN(C)[C@@H]1CN2. The lowest BCUT2D eigenvalue weighted by molar-refractivity contribution is 0.267. The van der Waals surface area contributed by atoms with Gasteiger partial charge in [-0.05, 0) is 13.0 Å². The average molecular weight is 126 g/mol. The summed E-state index contributed by atoms with van der Waals surface area (Å²) in [7, 11) is 2.22. The maximum Gasteiger partial charge on any atom is 0.0259 e. The van der Waals surface area contributed by atoms with Crippen molar-refractivity contribution in [2.24, 2.45) is 5.92 Å². The van der Waals surface area contributed by atoms with Crippen molar-refractivity contribution in [1.29, 1.82) is 0 Å². The number of likely N-dealkylation sites (tertiary alicyclic amines) is 1. The van der Waals surface area contributed by atoms with Gasteiger partial charge >= 0.3 is 0 Å². The van der Waals surface area contributed by atoms with E-state index in [0.29, 0.717) is 0 Å². The summed E-state index contributed by atoms with van der Waals surface area (Å²) in [6, 6.07) is 1.62. The number of hydrogen-bond donors (Lipinski definition) is 1. The van der Waals surface area contributed by atoms with Crippen LogP contribution in [0.5, 0.6) is 0 Å². The second kappa shape index (κ2) is 1.70. The molecular weight excluding hydrogens is 112 g/mol. The van der Waals surface area contributed by atoms with E-state index in [1.807, 2.05) is 0 Å². The van der Waals surface area contributed by atoms with Gasteiger partial charge in [-0.25, -0.2) is 0 Å². The molecule has 1 unspecified atom stereocenters. The summed E-state index contributed by atoms with van der Waals surface area (Å²) in [6.07, 6.45) is 0. The van der Waals surface area contributed by atoms with Crippen LogP contribution in [0.2, 0.25) is 0 Å². The molecule has 2 aliphatic heterocycles. The first-order chi connectivity index (χ1) is 4.29. The van der Waals surface area contributed by atoms with Crippen LogP contribution in [0, 0.1) is 5.92 Å². The van der Waals surface area contributed by atoms with Crippen LogP contribution in [-0.2, 0) is 0 Å². The van der Waals surface area contributed by atoms with Crippen LogP contribution in [0.4, 0.5) is 0 Å². The second-order valence-electron chi connectivity index (χ2n) is 3.38. The third-order valence-corrected chi connectivity index (χ3v) is 2.88. The van der Waals surface area contributed by atoms with Gasteiger partial charge < -0.3 is 10.2 Å². The normalized spacial score (nSPS) is 50.7. The lowest BCUT2D eigenvalue weighted by Crippen LogP contribution is -2.41. The Bertz CT molecular complexity index is 124. The van der Waals surface area contributed by atoms with Gasteiger partial charge in [-0.15, -0.1) is 0 Å². The van der Waals surface area contributed by atoms with Crippen LogP contribution < -0.4 is 5.32 Å². The van der Waals surface area contributed by atoms with Crippen molar-refractivity contribution >= 4 is 0 Å². The van der Waals surface area contributed by atoms with Gasteiger partial charge in [0.25, 0.3) is 0 Å². The van der Waals surface area contributed by atoms with Gasteiger partial charge in [0, 0.05) is 25.2 Å². The van der Waals surface area contributed by atoms with Crippen molar-refractivity contribution in [1.82, 2.24) is 10.2 Å². The Labute approximate surface area is 56.2 Å². The smallest absolute Gasteiger partial charge is 0.0259 e. The molecule has 2 bridgehead atoms. The van der Waals surface area contributed by atoms with E-state index < -0.39 is 0 Å². The second-order valence-corrected chi connectivity index (χ2v) is 3.38. The molecule has 52 valence electrons. The zero-order valence-corrected chi connectivity index (χ0v) is 6.09. The molecule has 0 radical (unpaired) electrons. The Balaban J connectivity index is 2.16. The molecule has 1 N–H and O–H groups in total. The summed E-state index contributed by atoms with van der Waals surface area (Å²) in [5.74, 6) is 0.884. The fourth-order valence-corrected chi connectivity index (χ4v) is 2.15. The molecular formula is C7H14N2. The quantitative estimate of drug-likeness (QED) is 0.488. The fourth-order valence-electron chi connectivity index (χ4n) is 2.15. The van der Waals surface area contributed by atoms with E-state index in [-0.39, 0.29) is 0 Å². The third kappa shape index (κ3) is 0.634. The van der Waals surface area contributed by atoms with Gasteiger partial charge in [0.05, 0.1) is 0 Å². The number of fused-ring (bicyclic) bond motifs is 2. The Morgan fingerprint density at radius 3 is 2.56 bits per heavy atom. The Kier molecular flexibility index (Phi) is 1.08. The summed E-state index contributed by atoms with van der Waals surface area (Å²) < 4.78 is 0. The van der Waals surface area contributed by atoms with E-state index in [1.54, 1.807) is 0 Å². The minimum atomic E-state index is 0.792. The largest absolute Gasteiger partial charge is 0.311 e. The van der Waals surface area contributed by atoms with Crippen molar-refractivity contribution < 1.29 is 0 Å². The van der Waals surface area contributed by atoms with Crippen molar-refractivity contribution in [2.45, 2.75) is 19.0 Å². The minimum Gasteiger partial charge on any atom is -0.311 e. The summed E-state index contributed by atoms with van der Waals surface area (Å²) in [4.78, 5) is 2.46. The van der Waals surface area contributed by atoms with Crippen LogP contribution in [-0.4, -0.2) is 37.1 Å². The Hall–Kier alpha value is -0.0800. The van der Waals surface area contributed by atoms with Gasteiger partial charge in [0.1, 0.15) is 0 Å². The van der Waals surface area contributed by atoms with Gasteiger partial charge in [0.2, 0.25) is 0 Å². The predicted octanol–water partition coefficient (Wildman–Crippen LogP) is -0.0917. The molecule has 3 atom stereocenters.